The molecule has 0 radical (unpaired) electrons. The Morgan fingerprint density at radius 1 is 0.667 bits per heavy atom. The van der Waals surface area contributed by atoms with E-state index in [1.54, 1.807) is 4.57 Å². The number of aromatic nitrogens is 2. The van der Waals surface area contributed by atoms with Gasteiger partial charge in [-0.2, -0.15) is 0 Å². The summed E-state index contributed by atoms with van der Waals surface area (Å²) in [5, 5.41) is 2.74. The average Bonchev–Trinajstić information content (AvgIpc) is 2.74. The van der Waals surface area contributed by atoms with Gasteiger partial charge < -0.3 is 0 Å². The van der Waals surface area contributed by atoms with Crippen LogP contribution >= 0.6 is 0 Å². The topological polar surface area (TPSA) is 34.9 Å². The van der Waals surface area contributed by atoms with E-state index in [1.807, 2.05) is 97.1 Å². The van der Waals surface area contributed by atoms with E-state index in [1.165, 1.54) is 0 Å². The van der Waals surface area contributed by atoms with Gasteiger partial charge in [0, 0.05) is 5.56 Å². The Morgan fingerprint density at radius 2 is 1.26 bits per heavy atom. The Balaban J connectivity index is 1.93. The van der Waals surface area contributed by atoms with E-state index in [4.69, 9.17) is 4.98 Å². The molecule has 0 spiro atoms. The molecule has 4 aromatic carbocycles. The van der Waals surface area contributed by atoms with Crippen molar-refractivity contribution in [1.29, 1.82) is 0 Å². The summed E-state index contributed by atoms with van der Waals surface area (Å²) in [7, 11) is 0. The molecule has 27 heavy (non-hydrogen) atoms. The Morgan fingerprint density at radius 3 is 1.96 bits per heavy atom. The number of hydrogen-bond acceptors (Lipinski definition) is 2. The zero-order valence-corrected chi connectivity index (χ0v) is 14.5. The molecule has 5 aromatic rings. The van der Waals surface area contributed by atoms with Gasteiger partial charge in [-0.25, -0.2) is 4.98 Å². The number of benzene rings is 4. The molecule has 0 saturated carbocycles. The molecule has 3 heteroatoms. The fraction of sp³-hybridized carbons (Fsp3) is 0. The summed E-state index contributed by atoms with van der Waals surface area (Å²) in [6.07, 6.45) is 0. The summed E-state index contributed by atoms with van der Waals surface area (Å²) < 4.78 is 1.70. The third-order valence-electron chi connectivity index (χ3n) is 4.78. The van der Waals surface area contributed by atoms with Gasteiger partial charge >= 0.3 is 0 Å². The van der Waals surface area contributed by atoms with Gasteiger partial charge in [-0.15, -0.1) is 0 Å². The van der Waals surface area contributed by atoms with Crippen LogP contribution in [0.3, 0.4) is 0 Å². The maximum atomic E-state index is 13.5. The van der Waals surface area contributed by atoms with Gasteiger partial charge in [0.2, 0.25) is 0 Å². The summed E-state index contributed by atoms with van der Waals surface area (Å²) in [5.74, 6) is 0.648. The molecule has 1 heterocycles. The second-order valence-corrected chi connectivity index (χ2v) is 6.49. The van der Waals surface area contributed by atoms with Gasteiger partial charge in [-0.05, 0) is 35.0 Å². The van der Waals surface area contributed by atoms with Crippen molar-refractivity contribution in [3.8, 4) is 17.1 Å². The maximum absolute atomic E-state index is 13.5. The highest BCUT2D eigenvalue weighted by Gasteiger charge is 2.14. The van der Waals surface area contributed by atoms with Crippen molar-refractivity contribution in [2.75, 3.05) is 0 Å². The monoisotopic (exact) mass is 348 g/mol. The van der Waals surface area contributed by atoms with Crippen LogP contribution in [0.1, 0.15) is 0 Å². The molecule has 3 nitrogen and oxygen atoms in total. The minimum Gasteiger partial charge on any atom is -0.268 e. The minimum atomic E-state index is -0.0594. The molecule has 5 rings (SSSR count). The third-order valence-corrected chi connectivity index (χ3v) is 4.78. The number of hydrogen-bond donors (Lipinski definition) is 0. The predicted molar refractivity (Wildman–Crippen MR) is 110 cm³/mol. The highest BCUT2D eigenvalue weighted by Crippen LogP contribution is 2.25. The van der Waals surface area contributed by atoms with E-state index in [-0.39, 0.29) is 5.56 Å². The zero-order valence-electron chi connectivity index (χ0n) is 14.5. The van der Waals surface area contributed by atoms with Crippen molar-refractivity contribution in [2.45, 2.75) is 0 Å². The molecule has 0 saturated heterocycles. The molecule has 0 bridgehead atoms. The van der Waals surface area contributed by atoms with Crippen LogP contribution in [0.15, 0.2) is 102 Å². The average molecular weight is 348 g/mol. The summed E-state index contributed by atoms with van der Waals surface area (Å²) in [5.41, 5.74) is 2.37. The van der Waals surface area contributed by atoms with Crippen LogP contribution in [0.4, 0.5) is 0 Å². The second-order valence-electron chi connectivity index (χ2n) is 6.49. The summed E-state index contributed by atoms with van der Waals surface area (Å²) >= 11 is 0. The molecule has 0 fully saturated rings. The van der Waals surface area contributed by atoms with E-state index < -0.39 is 0 Å². The number of para-hydroxylation sites is 1. The van der Waals surface area contributed by atoms with E-state index in [0.29, 0.717) is 16.7 Å². The van der Waals surface area contributed by atoms with Crippen molar-refractivity contribution < 1.29 is 0 Å². The van der Waals surface area contributed by atoms with E-state index in [2.05, 4.69) is 0 Å². The van der Waals surface area contributed by atoms with Gasteiger partial charge in [0.15, 0.2) is 0 Å². The van der Waals surface area contributed by atoms with Gasteiger partial charge in [-0.1, -0.05) is 72.8 Å². The molecule has 128 valence electrons. The summed E-state index contributed by atoms with van der Waals surface area (Å²) in [6, 6.07) is 31.5. The van der Waals surface area contributed by atoms with Crippen molar-refractivity contribution >= 4 is 21.7 Å². The van der Waals surface area contributed by atoms with Crippen LogP contribution in [-0.2, 0) is 0 Å². The first-order valence-corrected chi connectivity index (χ1v) is 8.88. The molecule has 0 N–H and O–H groups in total. The molecule has 1 aromatic heterocycles. The van der Waals surface area contributed by atoms with Crippen LogP contribution in [-0.4, -0.2) is 9.55 Å². The van der Waals surface area contributed by atoms with Crippen molar-refractivity contribution in [1.82, 2.24) is 9.55 Å². The Labute approximate surface area is 156 Å². The van der Waals surface area contributed by atoms with Crippen LogP contribution in [0.2, 0.25) is 0 Å². The minimum absolute atomic E-state index is 0.0594. The van der Waals surface area contributed by atoms with Crippen molar-refractivity contribution in [3.05, 3.63) is 107 Å². The molecule has 0 unspecified atom stereocenters. The zero-order chi connectivity index (χ0) is 18.2. The van der Waals surface area contributed by atoms with Gasteiger partial charge in [0.25, 0.3) is 5.56 Å². The first kappa shape index (κ1) is 15.5. The van der Waals surface area contributed by atoms with E-state index >= 15 is 0 Å². The molecular formula is C24H16N2O. The van der Waals surface area contributed by atoms with Gasteiger partial charge in [0.1, 0.15) is 5.82 Å². The van der Waals surface area contributed by atoms with Crippen LogP contribution in [0, 0.1) is 0 Å². The highest BCUT2D eigenvalue weighted by molar-refractivity contribution is 5.96. The Hall–Kier alpha value is -3.72. The largest absolute Gasteiger partial charge is 0.268 e. The first-order chi connectivity index (χ1) is 13.3. The smallest absolute Gasteiger partial charge is 0.266 e. The Kier molecular flexibility index (Phi) is 3.58. The second kappa shape index (κ2) is 6.22. The summed E-state index contributed by atoms with van der Waals surface area (Å²) in [4.78, 5) is 18.4. The lowest BCUT2D eigenvalue weighted by Gasteiger charge is -2.14. The van der Waals surface area contributed by atoms with Crippen molar-refractivity contribution in [2.24, 2.45) is 0 Å². The van der Waals surface area contributed by atoms with Crippen molar-refractivity contribution in [3.63, 3.8) is 0 Å². The quantitative estimate of drug-likeness (QED) is 0.411. The SMILES string of the molecule is O=c1c2cc3ccccc3cc2nc(-c2ccccc2)n1-c1ccccc1. The molecule has 0 aliphatic heterocycles. The Bertz CT molecular complexity index is 1320. The summed E-state index contributed by atoms with van der Waals surface area (Å²) in [6.45, 7) is 0. The number of fused-ring (bicyclic) bond motifs is 2. The lowest BCUT2D eigenvalue weighted by Crippen LogP contribution is -2.22. The predicted octanol–water partition coefficient (Wildman–Crippen LogP) is 5.21. The first-order valence-electron chi connectivity index (χ1n) is 8.88. The number of rotatable bonds is 2. The molecule has 0 amide bonds. The highest BCUT2D eigenvalue weighted by atomic mass is 16.1. The van der Waals surface area contributed by atoms with E-state index in [0.717, 1.165) is 22.0 Å². The van der Waals surface area contributed by atoms with Gasteiger partial charge in [0.05, 0.1) is 16.6 Å². The fourth-order valence-corrected chi connectivity index (χ4v) is 3.47. The molecular weight excluding hydrogens is 332 g/mol. The standard InChI is InChI=1S/C24H16N2O/c27-24-21-15-18-11-7-8-12-19(18)16-22(21)25-23(17-9-3-1-4-10-17)26(24)20-13-5-2-6-14-20/h1-16H. The number of nitrogens with zero attached hydrogens (tertiary/aromatic N) is 2. The fourth-order valence-electron chi connectivity index (χ4n) is 3.47. The molecule has 0 aliphatic carbocycles. The maximum Gasteiger partial charge on any atom is 0.266 e. The van der Waals surface area contributed by atoms with E-state index in [9.17, 15) is 4.79 Å². The normalized spacial score (nSPS) is 11.1. The lowest BCUT2D eigenvalue weighted by molar-refractivity contribution is 0.976. The molecule has 0 aliphatic rings. The lowest BCUT2D eigenvalue weighted by atomic mass is 10.1. The van der Waals surface area contributed by atoms with Crippen LogP contribution < -0.4 is 5.56 Å². The van der Waals surface area contributed by atoms with Crippen LogP contribution in [0.5, 0.6) is 0 Å². The molecule has 0 atom stereocenters. The van der Waals surface area contributed by atoms with Gasteiger partial charge in [-0.3, -0.25) is 9.36 Å². The van der Waals surface area contributed by atoms with Crippen LogP contribution in [0.25, 0.3) is 38.8 Å². The third kappa shape index (κ3) is 2.61.